The Morgan fingerprint density at radius 2 is 2.19 bits per heavy atom. The van der Waals surface area contributed by atoms with Crippen LogP contribution in [0.3, 0.4) is 0 Å². The molecular formula is C12H20NNaOS. The van der Waals surface area contributed by atoms with Gasteiger partial charge in [0.1, 0.15) is 0 Å². The van der Waals surface area contributed by atoms with E-state index >= 15 is 0 Å². The van der Waals surface area contributed by atoms with Gasteiger partial charge in [-0.05, 0) is 31.5 Å². The standard InChI is InChI=1S/C12H19NOS.Na.H/c1-3-13(8-12(14)9-15)11-6-4-5-10(2)7-11;;/h4-7,12,14-15H,3,8-9H2,1-2H3;;/q;+1;-1. The van der Waals surface area contributed by atoms with Gasteiger partial charge in [0.15, 0.2) is 0 Å². The molecule has 0 bridgehead atoms. The number of nitrogens with zero attached hydrogens (tertiary/aromatic N) is 1. The summed E-state index contributed by atoms with van der Waals surface area (Å²) < 4.78 is 0. The average Bonchev–Trinajstić information content (AvgIpc) is 2.25. The second-order valence-corrected chi connectivity index (χ2v) is 4.08. The SMILES string of the molecule is CCN(CC(O)CS)c1cccc(C)c1.[H-].[Na+]. The first kappa shape index (κ1) is 16.3. The van der Waals surface area contributed by atoms with Gasteiger partial charge in [-0.15, -0.1) is 0 Å². The Balaban J connectivity index is 0. The van der Waals surface area contributed by atoms with Crippen molar-refractivity contribution < 1.29 is 36.1 Å². The number of thiol groups is 1. The van der Waals surface area contributed by atoms with Gasteiger partial charge in [-0.2, -0.15) is 12.6 Å². The van der Waals surface area contributed by atoms with Gasteiger partial charge in [0.25, 0.3) is 0 Å². The first-order valence-corrected chi connectivity index (χ1v) is 5.91. The van der Waals surface area contributed by atoms with Crippen molar-refractivity contribution in [2.75, 3.05) is 23.7 Å². The minimum atomic E-state index is -0.367. The molecule has 0 aliphatic heterocycles. The number of aliphatic hydroxyl groups is 1. The fourth-order valence-corrected chi connectivity index (χ4v) is 1.67. The monoisotopic (exact) mass is 249 g/mol. The van der Waals surface area contributed by atoms with Crippen LogP contribution in [0.15, 0.2) is 24.3 Å². The molecule has 0 aliphatic carbocycles. The molecule has 0 amide bonds. The van der Waals surface area contributed by atoms with Crippen LogP contribution in [0, 0.1) is 6.92 Å². The van der Waals surface area contributed by atoms with E-state index in [0.29, 0.717) is 12.3 Å². The number of hydrogen-bond acceptors (Lipinski definition) is 3. The molecule has 0 aliphatic rings. The summed E-state index contributed by atoms with van der Waals surface area (Å²) in [5.74, 6) is 0.502. The second-order valence-electron chi connectivity index (χ2n) is 3.71. The molecule has 2 nitrogen and oxygen atoms in total. The van der Waals surface area contributed by atoms with E-state index in [2.05, 4.69) is 49.6 Å². The van der Waals surface area contributed by atoms with Crippen LogP contribution in [-0.4, -0.2) is 30.1 Å². The fourth-order valence-electron chi connectivity index (χ4n) is 1.55. The number of likely N-dealkylation sites (N-methyl/N-ethyl adjacent to an activating group) is 1. The van der Waals surface area contributed by atoms with E-state index in [0.717, 1.165) is 6.54 Å². The van der Waals surface area contributed by atoms with E-state index < -0.39 is 0 Å². The normalized spacial score (nSPS) is 11.8. The number of aryl methyl sites for hydroxylation is 1. The molecule has 0 fully saturated rings. The maximum Gasteiger partial charge on any atom is 1.00 e. The zero-order chi connectivity index (χ0) is 11.3. The largest absolute Gasteiger partial charge is 1.00 e. The average molecular weight is 249 g/mol. The third-order valence-corrected chi connectivity index (χ3v) is 2.81. The van der Waals surface area contributed by atoms with Gasteiger partial charge in [0.05, 0.1) is 6.10 Å². The zero-order valence-corrected chi connectivity index (χ0v) is 13.2. The van der Waals surface area contributed by atoms with E-state index in [1.165, 1.54) is 11.3 Å². The Morgan fingerprint density at radius 3 is 2.69 bits per heavy atom. The summed E-state index contributed by atoms with van der Waals surface area (Å²) in [6.45, 7) is 5.71. The van der Waals surface area contributed by atoms with E-state index in [9.17, 15) is 5.11 Å². The van der Waals surface area contributed by atoms with Gasteiger partial charge < -0.3 is 11.4 Å². The fraction of sp³-hybridized carbons (Fsp3) is 0.500. The van der Waals surface area contributed by atoms with Crippen LogP contribution in [0.25, 0.3) is 0 Å². The van der Waals surface area contributed by atoms with Gasteiger partial charge >= 0.3 is 29.6 Å². The topological polar surface area (TPSA) is 23.5 Å². The van der Waals surface area contributed by atoms with Gasteiger partial charge in [-0.3, -0.25) is 0 Å². The molecule has 4 heteroatoms. The molecule has 0 heterocycles. The molecule has 1 atom stereocenters. The molecule has 0 saturated heterocycles. The van der Waals surface area contributed by atoms with Gasteiger partial charge in [0, 0.05) is 24.5 Å². The van der Waals surface area contributed by atoms with Gasteiger partial charge in [-0.1, -0.05) is 12.1 Å². The Labute approximate surface area is 127 Å². The van der Waals surface area contributed by atoms with E-state index in [1.54, 1.807) is 0 Å². The number of anilines is 1. The summed E-state index contributed by atoms with van der Waals surface area (Å²) in [6, 6.07) is 8.32. The zero-order valence-electron chi connectivity index (χ0n) is 11.3. The van der Waals surface area contributed by atoms with Crippen LogP contribution in [0.5, 0.6) is 0 Å². The van der Waals surface area contributed by atoms with Gasteiger partial charge in [0.2, 0.25) is 0 Å². The van der Waals surface area contributed by atoms with E-state index in [-0.39, 0.29) is 37.1 Å². The summed E-state index contributed by atoms with van der Waals surface area (Å²) in [5, 5.41) is 9.57. The minimum absolute atomic E-state index is 0. The molecule has 16 heavy (non-hydrogen) atoms. The van der Waals surface area contributed by atoms with Crippen LogP contribution < -0.4 is 34.5 Å². The quantitative estimate of drug-likeness (QED) is 0.529. The van der Waals surface area contributed by atoms with E-state index in [1.807, 2.05) is 6.07 Å². The van der Waals surface area contributed by atoms with Crippen molar-refractivity contribution in [1.82, 2.24) is 0 Å². The smallest absolute Gasteiger partial charge is 1.00 e. The third-order valence-electron chi connectivity index (χ3n) is 2.39. The van der Waals surface area contributed by atoms with Gasteiger partial charge in [-0.25, -0.2) is 0 Å². The molecule has 86 valence electrons. The molecular weight excluding hydrogens is 229 g/mol. The predicted octanol–water partition coefficient (Wildman–Crippen LogP) is -0.771. The third kappa shape index (κ3) is 5.11. The Kier molecular flexibility index (Phi) is 8.60. The van der Waals surface area contributed by atoms with Crippen LogP contribution in [0.1, 0.15) is 13.9 Å². The summed E-state index contributed by atoms with van der Waals surface area (Å²) in [6.07, 6.45) is -0.367. The van der Waals surface area contributed by atoms with Crippen LogP contribution in [-0.2, 0) is 0 Å². The number of rotatable bonds is 5. The van der Waals surface area contributed by atoms with Crippen molar-refractivity contribution in [3.05, 3.63) is 29.8 Å². The predicted molar refractivity (Wildman–Crippen MR) is 70.0 cm³/mol. The van der Waals surface area contributed by atoms with Crippen LogP contribution in [0.2, 0.25) is 0 Å². The molecule has 0 spiro atoms. The summed E-state index contributed by atoms with van der Waals surface area (Å²) in [7, 11) is 0. The van der Waals surface area contributed by atoms with Crippen molar-refractivity contribution in [2.45, 2.75) is 20.0 Å². The molecule has 0 radical (unpaired) electrons. The molecule has 1 N–H and O–H groups in total. The van der Waals surface area contributed by atoms with Crippen LogP contribution in [0.4, 0.5) is 5.69 Å². The Hall–Kier alpha value is 0.330. The van der Waals surface area contributed by atoms with Crippen molar-refractivity contribution >= 4 is 18.3 Å². The maximum atomic E-state index is 9.57. The first-order chi connectivity index (χ1) is 7.17. The van der Waals surface area contributed by atoms with Crippen molar-refractivity contribution in [2.24, 2.45) is 0 Å². The number of benzene rings is 1. The molecule has 1 aromatic rings. The summed E-state index contributed by atoms with van der Waals surface area (Å²) in [4.78, 5) is 2.16. The van der Waals surface area contributed by atoms with Crippen molar-refractivity contribution in [3.8, 4) is 0 Å². The molecule has 0 saturated carbocycles. The summed E-state index contributed by atoms with van der Waals surface area (Å²) in [5.41, 5.74) is 2.41. The van der Waals surface area contributed by atoms with Crippen molar-refractivity contribution in [3.63, 3.8) is 0 Å². The molecule has 1 rings (SSSR count). The van der Waals surface area contributed by atoms with E-state index in [4.69, 9.17) is 0 Å². The Bertz CT molecular complexity index is 314. The maximum absolute atomic E-state index is 9.57. The number of hydrogen-bond donors (Lipinski definition) is 2. The van der Waals surface area contributed by atoms with Crippen LogP contribution >= 0.6 is 12.6 Å². The van der Waals surface area contributed by atoms with Crippen molar-refractivity contribution in [1.29, 1.82) is 0 Å². The summed E-state index contributed by atoms with van der Waals surface area (Å²) >= 11 is 4.09. The molecule has 1 aromatic carbocycles. The first-order valence-electron chi connectivity index (χ1n) is 5.28. The molecule has 0 aromatic heterocycles. The Morgan fingerprint density at radius 1 is 1.50 bits per heavy atom. The molecule has 1 unspecified atom stereocenters. The number of aliphatic hydroxyl groups excluding tert-OH is 1. The second kappa shape index (κ2) is 8.43. The minimum Gasteiger partial charge on any atom is -1.00 e.